The molecule has 1 N–H and O–H groups in total. The third-order valence-electron chi connectivity index (χ3n) is 6.00. The standard InChI is InChI=1S/C28H32FN3O4S/c1-5-26(28(34)30-4)31(18-22-11-13-23(29)14-12-22)27(33)19-32(24-16-20(2)15-21(3)17-24)37(35,36)25-9-7-6-8-10-25/h6-17,26H,5,18-19H2,1-4H3,(H,30,34). The summed E-state index contributed by atoms with van der Waals surface area (Å²) in [4.78, 5) is 27.9. The predicted octanol–water partition coefficient (Wildman–Crippen LogP) is 4.19. The van der Waals surface area contributed by atoms with Crippen LogP contribution < -0.4 is 9.62 Å². The quantitative estimate of drug-likeness (QED) is 0.430. The van der Waals surface area contributed by atoms with Gasteiger partial charge in [0, 0.05) is 13.6 Å². The van der Waals surface area contributed by atoms with Gasteiger partial charge in [-0.25, -0.2) is 12.8 Å². The SMILES string of the molecule is CCC(C(=O)NC)N(Cc1ccc(F)cc1)C(=O)CN(c1cc(C)cc(C)c1)S(=O)(=O)c1ccccc1. The average molecular weight is 526 g/mol. The smallest absolute Gasteiger partial charge is 0.264 e. The van der Waals surface area contributed by atoms with Gasteiger partial charge in [-0.05, 0) is 73.4 Å². The Labute approximate surface area is 218 Å². The van der Waals surface area contributed by atoms with E-state index in [9.17, 15) is 22.4 Å². The van der Waals surface area contributed by atoms with Crippen molar-refractivity contribution >= 4 is 27.5 Å². The van der Waals surface area contributed by atoms with Gasteiger partial charge in [0.2, 0.25) is 11.8 Å². The highest BCUT2D eigenvalue weighted by Gasteiger charge is 2.33. The second-order valence-corrected chi connectivity index (χ2v) is 10.7. The molecule has 1 atom stereocenters. The molecule has 196 valence electrons. The second-order valence-electron chi connectivity index (χ2n) is 8.86. The Balaban J connectivity index is 2.07. The number of aryl methyl sites for hydroxylation is 2. The van der Waals surface area contributed by atoms with Gasteiger partial charge in [0.25, 0.3) is 10.0 Å². The molecule has 0 bridgehead atoms. The number of carbonyl (C=O) groups is 2. The van der Waals surface area contributed by atoms with Crippen LogP contribution in [0.4, 0.5) is 10.1 Å². The van der Waals surface area contributed by atoms with E-state index in [0.29, 0.717) is 17.7 Å². The molecule has 2 amide bonds. The van der Waals surface area contributed by atoms with Crippen molar-refractivity contribution < 1.29 is 22.4 Å². The molecule has 0 fully saturated rings. The Kier molecular flexibility index (Phi) is 9.04. The number of nitrogens with one attached hydrogen (secondary N) is 1. The van der Waals surface area contributed by atoms with Gasteiger partial charge in [-0.2, -0.15) is 0 Å². The molecule has 3 aromatic rings. The van der Waals surface area contributed by atoms with Gasteiger partial charge in [-0.1, -0.05) is 43.3 Å². The highest BCUT2D eigenvalue weighted by molar-refractivity contribution is 7.92. The van der Waals surface area contributed by atoms with E-state index in [-0.39, 0.29) is 17.3 Å². The fourth-order valence-electron chi connectivity index (χ4n) is 4.22. The largest absolute Gasteiger partial charge is 0.357 e. The lowest BCUT2D eigenvalue weighted by atomic mass is 10.1. The lowest BCUT2D eigenvalue weighted by Gasteiger charge is -2.33. The Hall–Kier alpha value is -3.72. The minimum Gasteiger partial charge on any atom is -0.357 e. The molecule has 7 nitrogen and oxygen atoms in total. The summed E-state index contributed by atoms with van der Waals surface area (Å²) in [5, 5.41) is 2.58. The minimum absolute atomic E-state index is 0.0110. The molecule has 0 aliphatic rings. The van der Waals surface area contributed by atoms with Crippen LogP contribution in [0.5, 0.6) is 0 Å². The summed E-state index contributed by atoms with van der Waals surface area (Å²) in [5.74, 6) is -1.35. The molecule has 0 aliphatic heterocycles. The lowest BCUT2D eigenvalue weighted by Crippen LogP contribution is -2.51. The first-order valence-corrected chi connectivity index (χ1v) is 13.4. The molecule has 0 saturated carbocycles. The van der Waals surface area contributed by atoms with Crippen LogP contribution in [-0.2, 0) is 26.2 Å². The van der Waals surface area contributed by atoms with Gasteiger partial charge in [0.15, 0.2) is 0 Å². The van der Waals surface area contributed by atoms with Crippen LogP contribution >= 0.6 is 0 Å². The maximum atomic E-state index is 13.8. The normalized spacial score (nSPS) is 12.0. The summed E-state index contributed by atoms with van der Waals surface area (Å²) >= 11 is 0. The number of sulfonamides is 1. The Morgan fingerprint density at radius 3 is 2.08 bits per heavy atom. The third kappa shape index (κ3) is 6.74. The number of benzene rings is 3. The topological polar surface area (TPSA) is 86.8 Å². The van der Waals surface area contributed by atoms with Crippen LogP contribution in [0.2, 0.25) is 0 Å². The van der Waals surface area contributed by atoms with Crippen molar-refractivity contribution in [2.75, 3.05) is 17.9 Å². The van der Waals surface area contributed by atoms with Crippen LogP contribution in [0.25, 0.3) is 0 Å². The number of likely N-dealkylation sites (N-methyl/N-ethyl adjacent to an activating group) is 1. The molecule has 3 aromatic carbocycles. The summed E-state index contributed by atoms with van der Waals surface area (Å²) in [6, 6.07) is 18.0. The van der Waals surface area contributed by atoms with Crippen molar-refractivity contribution in [3.8, 4) is 0 Å². The molecule has 0 saturated heterocycles. The Morgan fingerprint density at radius 2 is 1.54 bits per heavy atom. The van der Waals surface area contributed by atoms with E-state index in [1.165, 1.54) is 48.3 Å². The first-order chi connectivity index (χ1) is 17.6. The van der Waals surface area contributed by atoms with Crippen molar-refractivity contribution in [1.82, 2.24) is 10.2 Å². The summed E-state index contributed by atoms with van der Waals surface area (Å²) in [5.41, 5.74) is 2.65. The van der Waals surface area contributed by atoms with E-state index in [4.69, 9.17) is 0 Å². The third-order valence-corrected chi connectivity index (χ3v) is 7.79. The second kappa shape index (κ2) is 12.0. The Bertz CT molecular complexity index is 1330. The van der Waals surface area contributed by atoms with E-state index in [0.717, 1.165) is 15.4 Å². The first-order valence-electron chi connectivity index (χ1n) is 12.0. The van der Waals surface area contributed by atoms with E-state index in [2.05, 4.69) is 5.32 Å². The first kappa shape index (κ1) is 27.9. The number of amides is 2. The number of nitrogens with zero attached hydrogens (tertiary/aromatic N) is 2. The molecule has 0 aliphatic carbocycles. The van der Waals surface area contributed by atoms with E-state index in [1.807, 2.05) is 19.9 Å². The molecule has 0 radical (unpaired) electrons. The van der Waals surface area contributed by atoms with Gasteiger partial charge in [0.1, 0.15) is 18.4 Å². The van der Waals surface area contributed by atoms with Crippen molar-refractivity contribution in [1.29, 1.82) is 0 Å². The fourth-order valence-corrected chi connectivity index (χ4v) is 5.63. The zero-order chi connectivity index (χ0) is 27.2. The van der Waals surface area contributed by atoms with Crippen LogP contribution in [0.3, 0.4) is 0 Å². The van der Waals surface area contributed by atoms with Gasteiger partial charge >= 0.3 is 0 Å². The lowest BCUT2D eigenvalue weighted by molar-refractivity contribution is -0.140. The summed E-state index contributed by atoms with van der Waals surface area (Å²) in [6.07, 6.45) is 0.307. The summed E-state index contributed by atoms with van der Waals surface area (Å²) in [6.45, 7) is 4.97. The van der Waals surface area contributed by atoms with Crippen molar-refractivity contribution in [3.63, 3.8) is 0 Å². The molecule has 37 heavy (non-hydrogen) atoms. The van der Waals surface area contributed by atoms with Crippen LogP contribution in [-0.4, -0.2) is 44.8 Å². The van der Waals surface area contributed by atoms with E-state index in [1.54, 1.807) is 37.3 Å². The monoisotopic (exact) mass is 525 g/mol. The zero-order valence-electron chi connectivity index (χ0n) is 21.4. The highest BCUT2D eigenvalue weighted by atomic mass is 32.2. The van der Waals surface area contributed by atoms with Crippen molar-refractivity contribution in [2.45, 2.75) is 44.7 Å². The molecule has 9 heteroatoms. The molecular formula is C28H32FN3O4S. The van der Waals surface area contributed by atoms with Gasteiger partial charge in [0.05, 0.1) is 10.6 Å². The zero-order valence-corrected chi connectivity index (χ0v) is 22.3. The van der Waals surface area contributed by atoms with Crippen molar-refractivity contribution in [3.05, 3.63) is 95.3 Å². The summed E-state index contributed by atoms with van der Waals surface area (Å²) < 4.78 is 42.1. The van der Waals surface area contributed by atoms with Crippen LogP contribution in [0, 0.1) is 19.7 Å². The number of hydrogen-bond acceptors (Lipinski definition) is 4. The number of halogens is 1. The fraction of sp³-hybridized carbons (Fsp3) is 0.286. The van der Waals surface area contributed by atoms with E-state index >= 15 is 0 Å². The van der Waals surface area contributed by atoms with Gasteiger partial charge in [-0.3, -0.25) is 13.9 Å². The van der Waals surface area contributed by atoms with Crippen molar-refractivity contribution in [2.24, 2.45) is 0 Å². The average Bonchev–Trinajstić information content (AvgIpc) is 2.87. The molecular weight excluding hydrogens is 493 g/mol. The predicted molar refractivity (Wildman–Crippen MR) is 142 cm³/mol. The summed E-state index contributed by atoms with van der Waals surface area (Å²) in [7, 11) is -2.64. The van der Waals surface area contributed by atoms with Crippen LogP contribution in [0.15, 0.2) is 77.7 Å². The maximum absolute atomic E-state index is 13.8. The van der Waals surface area contributed by atoms with Crippen LogP contribution in [0.1, 0.15) is 30.0 Å². The number of anilines is 1. The molecule has 0 aromatic heterocycles. The number of rotatable bonds is 10. The number of hydrogen-bond donors (Lipinski definition) is 1. The van der Waals surface area contributed by atoms with Gasteiger partial charge < -0.3 is 10.2 Å². The van der Waals surface area contributed by atoms with Gasteiger partial charge in [-0.15, -0.1) is 0 Å². The maximum Gasteiger partial charge on any atom is 0.264 e. The molecule has 0 spiro atoms. The van der Waals surface area contributed by atoms with E-state index < -0.39 is 34.3 Å². The molecule has 0 heterocycles. The minimum atomic E-state index is -4.12. The highest BCUT2D eigenvalue weighted by Crippen LogP contribution is 2.27. The number of carbonyl (C=O) groups excluding carboxylic acids is 2. The Morgan fingerprint density at radius 1 is 0.946 bits per heavy atom. The molecule has 3 rings (SSSR count). The molecule has 1 unspecified atom stereocenters.